The fourth-order valence-electron chi connectivity index (χ4n) is 3.89. The van der Waals surface area contributed by atoms with Gasteiger partial charge in [-0.15, -0.1) is 11.8 Å². The van der Waals surface area contributed by atoms with E-state index in [1.54, 1.807) is 33.4 Å². The quantitative estimate of drug-likeness (QED) is 0.616. The van der Waals surface area contributed by atoms with Gasteiger partial charge in [-0.3, -0.25) is 19.5 Å². The molecule has 156 valence electrons. The molecule has 2 aliphatic heterocycles. The van der Waals surface area contributed by atoms with E-state index in [1.165, 1.54) is 0 Å². The van der Waals surface area contributed by atoms with Crippen LogP contribution in [-0.4, -0.2) is 29.1 Å². The molecule has 2 amide bonds. The third-order valence-electron chi connectivity index (χ3n) is 5.40. The number of nitrogens with zero attached hydrogens (tertiary/aromatic N) is 2. The Labute approximate surface area is 189 Å². The fraction of sp³-hybridized carbons (Fsp3) is 0.167. The maximum absolute atomic E-state index is 13.4. The van der Waals surface area contributed by atoms with Crippen molar-refractivity contribution in [1.82, 2.24) is 10.4 Å². The zero-order chi connectivity index (χ0) is 21.4. The lowest BCUT2D eigenvalue weighted by atomic mass is 10.1. The minimum absolute atomic E-state index is 0.0129. The first-order chi connectivity index (χ1) is 15.1. The number of thioether (sulfide) groups is 1. The van der Waals surface area contributed by atoms with Gasteiger partial charge in [0, 0.05) is 9.79 Å². The fourth-order valence-corrected chi connectivity index (χ4v) is 6.18. The van der Waals surface area contributed by atoms with E-state index in [4.69, 9.17) is 0 Å². The molecule has 0 bridgehead atoms. The number of fused-ring (bicyclic) bond motifs is 2. The predicted molar refractivity (Wildman–Crippen MR) is 125 cm³/mol. The molecule has 1 atom stereocenters. The standard InChI is InChI=1S/C24H21N3O2S2/c1-16-8-2-3-9-17(16)24-27(23(29)15-30-24)25-14-22(28)26-18-10-4-6-12-20(18)31-21-13-7-5-11-19(21)26/h2-13,24-25H,14-15H2,1H3. The van der Waals surface area contributed by atoms with Gasteiger partial charge in [-0.1, -0.05) is 60.3 Å². The number of aryl methyl sites for hydroxylation is 1. The van der Waals surface area contributed by atoms with Crippen molar-refractivity contribution >= 4 is 46.7 Å². The Morgan fingerprint density at radius 1 is 0.968 bits per heavy atom. The molecule has 1 saturated heterocycles. The highest BCUT2D eigenvalue weighted by Crippen LogP contribution is 2.48. The highest BCUT2D eigenvalue weighted by molar-refractivity contribution is 8.00. The van der Waals surface area contributed by atoms with Crippen LogP contribution in [0.15, 0.2) is 82.6 Å². The molecule has 0 aromatic heterocycles. The first-order valence-electron chi connectivity index (χ1n) is 10.0. The van der Waals surface area contributed by atoms with Crippen LogP contribution < -0.4 is 10.3 Å². The number of amides is 2. The van der Waals surface area contributed by atoms with Gasteiger partial charge in [-0.05, 0) is 42.3 Å². The normalized spacial score (nSPS) is 17.5. The zero-order valence-electron chi connectivity index (χ0n) is 16.9. The van der Waals surface area contributed by atoms with Gasteiger partial charge < -0.3 is 0 Å². The van der Waals surface area contributed by atoms with Crippen molar-refractivity contribution in [3.05, 3.63) is 83.9 Å². The van der Waals surface area contributed by atoms with Crippen LogP contribution in [0.4, 0.5) is 11.4 Å². The van der Waals surface area contributed by atoms with Gasteiger partial charge in [0.15, 0.2) is 0 Å². The lowest BCUT2D eigenvalue weighted by Gasteiger charge is -2.32. The molecule has 5 nitrogen and oxygen atoms in total. The number of hydrogen-bond donors (Lipinski definition) is 1. The average molecular weight is 448 g/mol. The van der Waals surface area contributed by atoms with Crippen LogP contribution >= 0.6 is 23.5 Å². The summed E-state index contributed by atoms with van der Waals surface area (Å²) in [7, 11) is 0. The average Bonchev–Trinajstić information content (AvgIpc) is 3.16. The highest BCUT2D eigenvalue weighted by Gasteiger charge is 2.35. The lowest BCUT2D eigenvalue weighted by Crippen LogP contribution is -2.46. The van der Waals surface area contributed by atoms with Gasteiger partial charge in [0.05, 0.1) is 23.7 Å². The summed E-state index contributed by atoms with van der Waals surface area (Å²) in [6, 6.07) is 23.9. The van der Waals surface area contributed by atoms with Crippen LogP contribution in [0, 0.1) is 6.92 Å². The number of hydrazine groups is 1. The first kappa shape index (κ1) is 20.2. The first-order valence-corrected chi connectivity index (χ1v) is 11.9. The summed E-state index contributed by atoms with van der Waals surface area (Å²) >= 11 is 3.24. The summed E-state index contributed by atoms with van der Waals surface area (Å²) < 4.78 is 0. The minimum Gasteiger partial charge on any atom is -0.278 e. The second kappa shape index (κ2) is 8.42. The van der Waals surface area contributed by atoms with E-state index in [9.17, 15) is 9.59 Å². The van der Waals surface area contributed by atoms with E-state index in [2.05, 4.69) is 5.43 Å². The van der Waals surface area contributed by atoms with E-state index in [1.807, 2.05) is 79.7 Å². The smallest absolute Gasteiger partial charge is 0.248 e. The van der Waals surface area contributed by atoms with Crippen LogP contribution in [0.3, 0.4) is 0 Å². The molecule has 3 aromatic rings. The molecule has 31 heavy (non-hydrogen) atoms. The summed E-state index contributed by atoms with van der Waals surface area (Å²) in [6.07, 6.45) is 0. The number of carbonyl (C=O) groups is 2. The molecule has 0 radical (unpaired) electrons. The topological polar surface area (TPSA) is 52.7 Å². The Morgan fingerprint density at radius 3 is 2.26 bits per heavy atom. The summed E-state index contributed by atoms with van der Waals surface area (Å²) in [6.45, 7) is 2.07. The molecular weight excluding hydrogens is 426 g/mol. The minimum atomic E-state index is -0.141. The van der Waals surface area contributed by atoms with E-state index in [0.29, 0.717) is 5.75 Å². The Hall–Kier alpha value is -2.74. The third-order valence-corrected chi connectivity index (χ3v) is 7.73. The number of para-hydroxylation sites is 2. The monoisotopic (exact) mass is 447 g/mol. The van der Waals surface area contributed by atoms with Crippen LogP contribution in [0.2, 0.25) is 0 Å². The molecule has 0 saturated carbocycles. The van der Waals surface area contributed by atoms with Crippen molar-refractivity contribution in [3.63, 3.8) is 0 Å². The summed E-state index contributed by atoms with van der Waals surface area (Å²) in [4.78, 5) is 29.8. The molecule has 1 fully saturated rings. The maximum Gasteiger partial charge on any atom is 0.248 e. The summed E-state index contributed by atoms with van der Waals surface area (Å²) in [5, 5.41) is 1.47. The Morgan fingerprint density at radius 2 is 1.58 bits per heavy atom. The van der Waals surface area contributed by atoms with Gasteiger partial charge in [0.2, 0.25) is 11.8 Å². The Bertz CT molecular complexity index is 1120. The molecule has 0 spiro atoms. The largest absolute Gasteiger partial charge is 0.278 e. The maximum atomic E-state index is 13.4. The number of carbonyl (C=O) groups excluding carboxylic acids is 2. The second-order valence-corrected chi connectivity index (χ2v) is 9.54. The molecule has 1 N–H and O–H groups in total. The van der Waals surface area contributed by atoms with Crippen LogP contribution in [0.5, 0.6) is 0 Å². The number of nitrogens with one attached hydrogen (secondary N) is 1. The lowest BCUT2D eigenvalue weighted by molar-refractivity contribution is -0.132. The molecule has 2 heterocycles. The van der Waals surface area contributed by atoms with Crippen LogP contribution in [-0.2, 0) is 9.59 Å². The van der Waals surface area contributed by atoms with Crippen molar-refractivity contribution in [3.8, 4) is 0 Å². The van der Waals surface area contributed by atoms with E-state index in [-0.39, 0.29) is 23.7 Å². The van der Waals surface area contributed by atoms with Crippen molar-refractivity contribution in [2.45, 2.75) is 22.1 Å². The van der Waals surface area contributed by atoms with Crippen LogP contribution in [0.1, 0.15) is 16.5 Å². The SMILES string of the molecule is Cc1ccccc1C1SCC(=O)N1NCC(=O)N1c2ccccc2Sc2ccccc21. The van der Waals surface area contributed by atoms with Crippen molar-refractivity contribution in [2.24, 2.45) is 0 Å². The summed E-state index contributed by atoms with van der Waals surface area (Å²) in [5.41, 5.74) is 7.09. The number of hydrogen-bond acceptors (Lipinski definition) is 5. The summed E-state index contributed by atoms with van der Waals surface area (Å²) in [5.74, 6) is 0.279. The molecule has 0 aliphatic carbocycles. The van der Waals surface area contributed by atoms with Crippen molar-refractivity contribution in [2.75, 3.05) is 17.2 Å². The molecule has 5 rings (SSSR count). The Balaban J connectivity index is 1.40. The van der Waals surface area contributed by atoms with E-state index >= 15 is 0 Å². The van der Waals surface area contributed by atoms with Gasteiger partial charge in [-0.25, -0.2) is 5.43 Å². The Kier molecular flexibility index (Phi) is 5.48. The molecule has 2 aliphatic rings. The zero-order valence-corrected chi connectivity index (χ0v) is 18.6. The second-order valence-electron chi connectivity index (χ2n) is 7.39. The molecule has 7 heteroatoms. The van der Waals surface area contributed by atoms with Gasteiger partial charge >= 0.3 is 0 Å². The van der Waals surface area contributed by atoms with Gasteiger partial charge in [0.25, 0.3) is 0 Å². The van der Waals surface area contributed by atoms with E-state index < -0.39 is 0 Å². The predicted octanol–water partition coefficient (Wildman–Crippen LogP) is 4.90. The number of rotatable bonds is 4. The van der Waals surface area contributed by atoms with Crippen LogP contribution in [0.25, 0.3) is 0 Å². The van der Waals surface area contributed by atoms with Crippen molar-refractivity contribution < 1.29 is 9.59 Å². The molecule has 1 unspecified atom stereocenters. The number of benzene rings is 3. The van der Waals surface area contributed by atoms with Gasteiger partial charge in [-0.2, -0.15) is 0 Å². The highest BCUT2D eigenvalue weighted by atomic mass is 32.2. The van der Waals surface area contributed by atoms with E-state index in [0.717, 1.165) is 32.3 Å². The van der Waals surface area contributed by atoms with Crippen molar-refractivity contribution in [1.29, 1.82) is 0 Å². The molecular formula is C24H21N3O2S2. The molecule has 3 aromatic carbocycles. The third kappa shape index (κ3) is 3.73. The number of anilines is 2. The van der Waals surface area contributed by atoms with Gasteiger partial charge in [0.1, 0.15) is 5.37 Å².